The zero-order valence-electron chi connectivity index (χ0n) is 18.2. The fraction of sp³-hybridized carbons (Fsp3) is 0.391. The maximum Gasteiger partial charge on any atom is 0.331 e. The van der Waals surface area contributed by atoms with Crippen molar-refractivity contribution in [3.63, 3.8) is 0 Å². The van der Waals surface area contributed by atoms with Gasteiger partial charge in [0.2, 0.25) is 10.0 Å². The molecular formula is C23H28N2O6S. The molecule has 32 heavy (non-hydrogen) atoms. The molecule has 1 aromatic carbocycles. The van der Waals surface area contributed by atoms with Crippen LogP contribution in [0.5, 0.6) is 0 Å². The third-order valence-electron chi connectivity index (χ3n) is 5.44. The molecule has 2 atom stereocenters. The molecule has 1 aromatic heterocycles. The van der Waals surface area contributed by atoms with Gasteiger partial charge in [-0.1, -0.05) is 12.1 Å². The number of likely N-dealkylation sites (tertiary alicyclic amines) is 1. The van der Waals surface area contributed by atoms with Crippen LogP contribution >= 0.6 is 0 Å². The fourth-order valence-electron chi connectivity index (χ4n) is 3.75. The number of ether oxygens (including phenoxy) is 1. The summed E-state index contributed by atoms with van der Waals surface area (Å²) in [4.78, 5) is 26.3. The minimum Gasteiger partial charge on any atom is -0.468 e. The van der Waals surface area contributed by atoms with Crippen LogP contribution in [0.2, 0.25) is 0 Å². The van der Waals surface area contributed by atoms with Gasteiger partial charge in [-0.15, -0.1) is 0 Å². The zero-order valence-corrected chi connectivity index (χ0v) is 19.0. The summed E-state index contributed by atoms with van der Waals surface area (Å²) in [6, 6.07) is 9.68. The van der Waals surface area contributed by atoms with Crippen molar-refractivity contribution in [1.29, 1.82) is 0 Å². The molecular weight excluding hydrogens is 432 g/mol. The van der Waals surface area contributed by atoms with Crippen molar-refractivity contribution in [2.45, 2.75) is 56.6 Å². The Kier molecular flexibility index (Phi) is 7.87. The Bertz CT molecular complexity index is 1030. The van der Waals surface area contributed by atoms with Gasteiger partial charge in [0.05, 0.1) is 17.7 Å². The standard InChI is InChI=1S/C23H28N2O6S/c1-17-5-3-6-18(2)25(17)22(26)16-31-23(27)13-10-19-8-11-21(12-9-19)32(28,29)24-15-20-7-4-14-30-20/h4,7-14,17-18,24H,3,5-6,15-16H2,1-2H3/b13-10+. The average Bonchev–Trinajstić information content (AvgIpc) is 3.29. The van der Waals surface area contributed by atoms with Crippen molar-refractivity contribution in [2.24, 2.45) is 0 Å². The monoisotopic (exact) mass is 460 g/mol. The van der Waals surface area contributed by atoms with Crippen LogP contribution in [0.15, 0.2) is 58.1 Å². The number of furan rings is 1. The third-order valence-corrected chi connectivity index (χ3v) is 6.86. The van der Waals surface area contributed by atoms with Gasteiger partial charge in [-0.25, -0.2) is 17.9 Å². The van der Waals surface area contributed by atoms with Crippen molar-refractivity contribution >= 4 is 28.0 Å². The van der Waals surface area contributed by atoms with Crippen LogP contribution in [0, 0.1) is 0 Å². The number of piperidine rings is 1. The minimum absolute atomic E-state index is 0.0521. The molecule has 1 fully saturated rings. The van der Waals surface area contributed by atoms with E-state index in [9.17, 15) is 18.0 Å². The summed E-state index contributed by atoms with van der Waals surface area (Å²) >= 11 is 0. The van der Waals surface area contributed by atoms with Crippen LogP contribution in [0.1, 0.15) is 44.4 Å². The van der Waals surface area contributed by atoms with Gasteiger partial charge in [-0.3, -0.25) is 4.79 Å². The molecule has 0 saturated carbocycles. The molecule has 172 valence electrons. The lowest BCUT2D eigenvalue weighted by Crippen LogP contribution is -2.49. The Morgan fingerprint density at radius 2 is 1.84 bits per heavy atom. The lowest BCUT2D eigenvalue weighted by molar-refractivity contribution is -0.151. The molecule has 0 radical (unpaired) electrons. The topological polar surface area (TPSA) is 106 Å². The number of carbonyl (C=O) groups excluding carboxylic acids is 2. The number of carbonyl (C=O) groups is 2. The normalized spacial score (nSPS) is 19.2. The number of nitrogens with zero attached hydrogens (tertiary/aromatic N) is 1. The second-order valence-electron chi connectivity index (χ2n) is 7.84. The fourth-order valence-corrected chi connectivity index (χ4v) is 4.75. The van der Waals surface area contributed by atoms with E-state index >= 15 is 0 Å². The molecule has 2 aromatic rings. The van der Waals surface area contributed by atoms with E-state index in [1.807, 2.05) is 13.8 Å². The Balaban J connectivity index is 1.50. The van der Waals surface area contributed by atoms with E-state index in [1.165, 1.54) is 30.5 Å². The highest BCUT2D eigenvalue weighted by Gasteiger charge is 2.29. The van der Waals surface area contributed by atoms with E-state index in [1.54, 1.807) is 29.2 Å². The number of nitrogens with one attached hydrogen (secondary N) is 1. The summed E-state index contributed by atoms with van der Waals surface area (Å²) in [5.41, 5.74) is 0.622. The molecule has 0 bridgehead atoms. The van der Waals surface area contributed by atoms with E-state index < -0.39 is 16.0 Å². The van der Waals surface area contributed by atoms with E-state index in [2.05, 4.69) is 4.72 Å². The maximum absolute atomic E-state index is 12.4. The molecule has 3 rings (SSSR count). The molecule has 0 aliphatic carbocycles. The summed E-state index contributed by atoms with van der Waals surface area (Å²) in [5.74, 6) is -0.315. The van der Waals surface area contributed by atoms with Crippen LogP contribution in [-0.2, 0) is 30.9 Å². The molecule has 2 unspecified atom stereocenters. The number of benzene rings is 1. The molecule has 1 aliphatic rings. The first-order valence-corrected chi connectivity index (χ1v) is 12.0. The lowest BCUT2D eigenvalue weighted by atomic mass is 9.97. The van der Waals surface area contributed by atoms with Gasteiger partial charge in [0, 0.05) is 18.2 Å². The molecule has 2 heterocycles. The van der Waals surface area contributed by atoms with Crippen molar-refractivity contribution < 1.29 is 27.2 Å². The highest BCUT2D eigenvalue weighted by Crippen LogP contribution is 2.22. The first kappa shape index (κ1) is 23.7. The molecule has 9 heteroatoms. The molecule has 1 aliphatic heterocycles. The largest absolute Gasteiger partial charge is 0.468 e. The van der Waals surface area contributed by atoms with Crippen molar-refractivity contribution in [1.82, 2.24) is 9.62 Å². The zero-order chi connectivity index (χ0) is 23.1. The SMILES string of the molecule is CC1CCCC(C)N1C(=O)COC(=O)/C=C/c1ccc(S(=O)(=O)NCc2ccco2)cc1. The Hall–Kier alpha value is -2.91. The Morgan fingerprint density at radius 1 is 1.16 bits per heavy atom. The minimum atomic E-state index is -3.69. The second-order valence-corrected chi connectivity index (χ2v) is 9.61. The summed E-state index contributed by atoms with van der Waals surface area (Å²) in [6.07, 6.45) is 7.19. The molecule has 1 N–H and O–H groups in total. The lowest BCUT2D eigenvalue weighted by Gasteiger charge is -2.38. The molecule has 1 saturated heterocycles. The van der Waals surface area contributed by atoms with Gasteiger partial charge in [0.15, 0.2) is 6.61 Å². The summed E-state index contributed by atoms with van der Waals surface area (Å²) in [5, 5.41) is 0. The first-order chi connectivity index (χ1) is 15.3. The van der Waals surface area contributed by atoms with E-state index in [-0.39, 0.29) is 36.0 Å². The van der Waals surface area contributed by atoms with Gasteiger partial charge < -0.3 is 14.1 Å². The average molecular weight is 461 g/mol. The number of hydrogen-bond donors (Lipinski definition) is 1. The van der Waals surface area contributed by atoms with Crippen molar-refractivity contribution in [3.8, 4) is 0 Å². The van der Waals surface area contributed by atoms with Gasteiger partial charge in [-0.2, -0.15) is 0 Å². The van der Waals surface area contributed by atoms with Crippen molar-refractivity contribution in [3.05, 3.63) is 60.1 Å². The predicted molar refractivity (Wildman–Crippen MR) is 119 cm³/mol. The summed E-state index contributed by atoms with van der Waals surface area (Å²) < 4.78 is 37.4. The van der Waals surface area contributed by atoms with Crippen LogP contribution < -0.4 is 4.72 Å². The number of rotatable bonds is 8. The second kappa shape index (κ2) is 10.6. The van der Waals surface area contributed by atoms with Crippen LogP contribution in [-0.4, -0.2) is 43.9 Å². The highest BCUT2D eigenvalue weighted by molar-refractivity contribution is 7.89. The molecule has 1 amide bonds. The van der Waals surface area contributed by atoms with Gasteiger partial charge in [0.1, 0.15) is 5.76 Å². The van der Waals surface area contributed by atoms with Gasteiger partial charge in [-0.05, 0) is 69.0 Å². The third kappa shape index (κ3) is 6.30. The number of sulfonamides is 1. The van der Waals surface area contributed by atoms with Crippen LogP contribution in [0.3, 0.4) is 0 Å². The van der Waals surface area contributed by atoms with E-state index in [0.717, 1.165) is 19.3 Å². The highest BCUT2D eigenvalue weighted by atomic mass is 32.2. The Labute approximate surface area is 188 Å². The molecule has 8 nitrogen and oxygen atoms in total. The number of hydrogen-bond acceptors (Lipinski definition) is 6. The summed E-state index contributed by atoms with van der Waals surface area (Å²) in [6.45, 7) is 3.77. The summed E-state index contributed by atoms with van der Waals surface area (Å²) in [7, 11) is -3.69. The van der Waals surface area contributed by atoms with Gasteiger partial charge in [0.25, 0.3) is 5.91 Å². The number of amides is 1. The quantitative estimate of drug-likeness (QED) is 0.479. The van der Waals surface area contributed by atoms with Gasteiger partial charge >= 0.3 is 5.97 Å². The maximum atomic E-state index is 12.4. The number of esters is 1. The van der Waals surface area contributed by atoms with E-state index in [4.69, 9.17) is 9.15 Å². The first-order valence-electron chi connectivity index (χ1n) is 10.5. The van der Waals surface area contributed by atoms with Crippen molar-refractivity contribution in [2.75, 3.05) is 6.61 Å². The Morgan fingerprint density at radius 3 is 2.47 bits per heavy atom. The van der Waals surface area contributed by atoms with E-state index in [0.29, 0.717) is 11.3 Å². The smallest absolute Gasteiger partial charge is 0.331 e. The van der Waals surface area contributed by atoms with Crippen LogP contribution in [0.4, 0.5) is 0 Å². The van der Waals surface area contributed by atoms with Crippen LogP contribution in [0.25, 0.3) is 6.08 Å². The molecule has 0 spiro atoms. The predicted octanol–water partition coefficient (Wildman–Crippen LogP) is 3.10.